The summed E-state index contributed by atoms with van der Waals surface area (Å²) in [7, 11) is 0. The molecule has 1 aromatic heterocycles. The zero-order valence-electron chi connectivity index (χ0n) is 8.03. The summed E-state index contributed by atoms with van der Waals surface area (Å²) in [5.74, 6) is 0. The number of H-pyrrole nitrogens is 1. The molecule has 0 fully saturated rings. The third-order valence-electron chi connectivity index (χ3n) is 1.84. The first-order valence-corrected chi connectivity index (χ1v) is 4.25. The van der Waals surface area contributed by atoms with Crippen molar-refractivity contribution in [2.24, 2.45) is 0 Å². The summed E-state index contributed by atoms with van der Waals surface area (Å²) in [5, 5.41) is 2.92. The van der Waals surface area contributed by atoms with Gasteiger partial charge < -0.3 is 0 Å². The van der Waals surface area contributed by atoms with Gasteiger partial charge in [0.05, 0.1) is 6.04 Å². The van der Waals surface area contributed by atoms with Crippen LogP contribution in [0.15, 0.2) is 11.1 Å². The molecule has 0 aliphatic heterocycles. The van der Waals surface area contributed by atoms with Crippen LogP contribution in [0.3, 0.4) is 0 Å². The Morgan fingerprint density at radius 3 is 2.08 bits per heavy atom. The fraction of sp³-hybridized carbons (Fsp3) is 0.750. The maximum atomic E-state index is 11.5. The summed E-state index contributed by atoms with van der Waals surface area (Å²) in [6, 6.07) is 0.409. The third-order valence-corrected chi connectivity index (χ3v) is 1.84. The van der Waals surface area contributed by atoms with Gasteiger partial charge in [-0.05, 0) is 27.7 Å². The highest BCUT2D eigenvalue weighted by Crippen LogP contribution is 1.98. The van der Waals surface area contributed by atoms with Gasteiger partial charge in [0.25, 0.3) is 6.33 Å². The first kappa shape index (κ1) is 9.03. The summed E-state index contributed by atoms with van der Waals surface area (Å²) in [5.41, 5.74) is 0.0278. The quantitative estimate of drug-likeness (QED) is 0.641. The molecule has 0 aromatic carbocycles. The van der Waals surface area contributed by atoms with Gasteiger partial charge in [-0.1, -0.05) is 0 Å². The van der Waals surface area contributed by atoms with Crippen LogP contribution >= 0.6 is 0 Å². The van der Waals surface area contributed by atoms with Gasteiger partial charge in [0.1, 0.15) is 6.04 Å². The van der Waals surface area contributed by atoms with E-state index in [4.69, 9.17) is 0 Å². The highest BCUT2D eigenvalue weighted by molar-refractivity contribution is 4.67. The molecule has 0 atom stereocenters. The first-order valence-electron chi connectivity index (χ1n) is 4.25. The van der Waals surface area contributed by atoms with E-state index >= 15 is 0 Å². The zero-order chi connectivity index (χ0) is 9.30. The molecule has 0 saturated heterocycles. The Kier molecular flexibility index (Phi) is 2.35. The van der Waals surface area contributed by atoms with Gasteiger partial charge in [0, 0.05) is 0 Å². The lowest BCUT2D eigenvalue weighted by molar-refractivity contribution is -0.496. The number of aromatic amines is 1. The standard InChI is InChI=1S/C8H15N3O/c1-6(2)10-5-9-11(7(3)4)8(10)12/h5-7H,1-4H3/p+1. The predicted molar refractivity (Wildman–Crippen MR) is 46.0 cm³/mol. The second kappa shape index (κ2) is 3.13. The van der Waals surface area contributed by atoms with E-state index in [1.54, 1.807) is 15.6 Å². The summed E-state index contributed by atoms with van der Waals surface area (Å²) in [4.78, 5) is 11.5. The minimum atomic E-state index is 0.0278. The van der Waals surface area contributed by atoms with Gasteiger partial charge in [-0.25, -0.2) is 4.79 Å². The second-order valence-corrected chi connectivity index (χ2v) is 3.51. The van der Waals surface area contributed by atoms with E-state index in [0.717, 1.165) is 0 Å². The van der Waals surface area contributed by atoms with Gasteiger partial charge in [0.15, 0.2) is 0 Å². The Morgan fingerprint density at radius 2 is 1.83 bits per heavy atom. The van der Waals surface area contributed by atoms with Gasteiger partial charge in [-0.2, -0.15) is 9.67 Å². The lowest BCUT2D eigenvalue weighted by atomic mass is 10.4. The molecular formula is C8H16N3O+. The normalized spacial score (nSPS) is 11.5. The average molecular weight is 170 g/mol. The Balaban J connectivity index is 3.14. The van der Waals surface area contributed by atoms with Crippen LogP contribution in [0.1, 0.15) is 39.8 Å². The minimum Gasteiger partial charge on any atom is -0.216 e. The molecule has 68 valence electrons. The van der Waals surface area contributed by atoms with Gasteiger partial charge in [0.2, 0.25) is 0 Å². The molecule has 0 aliphatic carbocycles. The molecule has 1 heterocycles. The van der Waals surface area contributed by atoms with E-state index in [9.17, 15) is 4.79 Å². The van der Waals surface area contributed by atoms with E-state index in [1.165, 1.54) is 0 Å². The molecule has 1 aromatic rings. The maximum Gasteiger partial charge on any atom is 0.446 e. The monoisotopic (exact) mass is 170 g/mol. The topological polar surface area (TPSA) is 41.1 Å². The number of aromatic nitrogens is 3. The van der Waals surface area contributed by atoms with Crippen molar-refractivity contribution in [3.05, 3.63) is 16.8 Å². The number of nitrogens with zero attached hydrogens (tertiary/aromatic N) is 2. The van der Waals surface area contributed by atoms with Crippen LogP contribution in [0, 0.1) is 0 Å². The fourth-order valence-electron chi connectivity index (χ4n) is 1.10. The zero-order valence-corrected chi connectivity index (χ0v) is 8.03. The Morgan fingerprint density at radius 1 is 1.25 bits per heavy atom. The molecule has 1 N–H and O–H groups in total. The molecule has 12 heavy (non-hydrogen) atoms. The molecule has 0 bridgehead atoms. The molecule has 0 saturated carbocycles. The largest absolute Gasteiger partial charge is 0.446 e. The number of rotatable bonds is 2. The molecule has 0 spiro atoms. The molecule has 0 radical (unpaired) electrons. The molecular weight excluding hydrogens is 154 g/mol. The van der Waals surface area contributed by atoms with E-state index in [2.05, 4.69) is 5.10 Å². The SMILES string of the molecule is CC(C)n1c[nH+]n(C(C)C)c1=O. The second-order valence-electron chi connectivity index (χ2n) is 3.51. The van der Waals surface area contributed by atoms with E-state index in [1.807, 2.05) is 27.7 Å². The maximum absolute atomic E-state index is 11.5. The lowest BCUT2D eigenvalue weighted by Gasteiger charge is -1.98. The van der Waals surface area contributed by atoms with Crippen molar-refractivity contribution >= 4 is 0 Å². The molecule has 1 rings (SSSR count). The van der Waals surface area contributed by atoms with Crippen LogP contribution in [-0.2, 0) is 0 Å². The van der Waals surface area contributed by atoms with Crippen molar-refractivity contribution in [1.82, 2.24) is 9.25 Å². The smallest absolute Gasteiger partial charge is 0.216 e. The van der Waals surface area contributed by atoms with Crippen LogP contribution in [-0.4, -0.2) is 9.25 Å². The number of nitrogens with one attached hydrogen (secondary N) is 1. The van der Waals surface area contributed by atoms with Crippen LogP contribution < -0.4 is 10.8 Å². The van der Waals surface area contributed by atoms with Crippen molar-refractivity contribution in [2.45, 2.75) is 39.8 Å². The molecule has 4 nitrogen and oxygen atoms in total. The lowest BCUT2D eigenvalue weighted by Crippen LogP contribution is -2.32. The third kappa shape index (κ3) is 1.42. The van der Waals surface area contributed by atoms with Gasteiger partial charge >= 0.3 is 5.69 Å². The van der Waals surface area contributed by atoms with Crippen LogP contribution in [0.25, 0.3) is 0 Å². The van der Waals surface area contributed by atoms with E-state index in [0.29, 0.717) is 0 Å². The van der Waals surface area contributed by atoms with E-state index in [-0.39, 0.29) is 17.8 Å². The van der Waals surface area contributed by atoms with Crippen LogP contribution in [0.2, 0.25) is 0 Å². The summed E-state index contributed by atoms with van der Waals surface area (Å²) in [6.45, 7) is 7.92. The van der Waals surface area contributed by atoms with Crippen molar-refractivity contribution in [2.75, 3.05) is 0 Å². The first-order chi connectivity index (χ1) is 5.54. The Labute approximate surface area is 71.8 Å². The van der Waals surface area contributed by atoms with Crippen LogP contribution in [0.4, 0.5) is 0 Å². The Hall–Kier alpha value is -1.06. The summed E-state index contributed by atoms with van der Waals surface area (Å²) in [6.07, 6.45) is 1.72. The molecule has 0 unspecified atom stereocenters. The minimum absolute atomic E-state index is 0.0278. The van der Waals surface area contributed by atoms with Crippen molar-refractivity contribution in [1.29, 1.82) is 0 Å². The molecule has 0 amide bonds. The van der Waals surface area contributed by atoms with Gasteiger partial charge in [-0.3, -0.25) is 0 Å². The average Bonchev–Trinajstić information content (AvgIpc) is 2.30. The highest BCUT2D eigenvalue weighted by Gasteiger charge is 2.15. The summed E-state index contributed by atoms with van der Waals surface area (Å²) < 4.78 is 3.29. The molecule has 4 heteroatoms. The fourth-order valence-corrected chi connectivity index (χ4v) is 1.10. The van der Waals surface area contributed by atoms with Crippen LogP contribution in [0.5, 0.6) is 0 Å². The van der Waals surface area contributed by atoms with Crippen molar-refractivity contribution in [3.63, 3.8) is 0 Å². The highest BCUT2D eigenvalue weighted by atomic mass is 16.2. The number of hydrogen-bond donors (Lipinski definition) is 0. The molecule has 0 aliphatic rings. The predicted octanol–water partition coefficient (Wildman–Crippen LogP) is 0.626. The van der Waals surface area contributed by atoms with Crippen molar-refractivity contribution < 1.29 is 5.10 Å². The van der Waals surface area contributed by atoms with Gasteiger partial charge in [-0.15, -0.1) is 4.68 Å². The van der Waals surface area contributed by atoms with Crippen molar-refractivity contribution in [3.8, 4) is 0 Å². The number of hydrogen-bond acceptors (Lipinski definition) is 1. The van der Waals surface area contributed by atoms with E-state index < -0.39 is 0 Å². The Bertz CT molecular complexity index is 280. The summed E-state index contributed by atoms with van der Waals surface area (Å²) >= 11 is 0.